The molecule has 0 aliphatic rings. The zero-order valence-electron chi connectivity index (χ0n) is 14.7. The molecule has 0 saturated carbocycles. The third kappa shape index (κ3) is 4.81. The maximum absolute atomic E-state index is 12.2. The maximum Gasteiger partial charge on any atom is 0.269 e. The van der Waals surface area contributed by atoms with Crippen LogP contribution < -0.4 is 5.32 Å². The lowest BCUT2D eigenvalue weighted by Gasteiger charge is -2.02. The maximum atomic E-state index is 12.2. The van der Waals surface area contributed by atoms with Gasteiger partial charge in [0, 0.05) is 29.5 Å². The van der Waals surface area contributed by atoms with E-state index in [0.717, 1.165) is 21.8 Å². The van der Waals surface area contributed by atoms with Crippen LogP contribution in [0.5, 0.6) is 0 Å². The molecule has 1 amide bonds. The number of nitrogens with zero attached hydrogens (tertiary/aromatic N) is 2. The Morgan fingerprint density at radius 3 is 2.43 bits per heavy atom. The van der Waals surface area contributed by atoms with Crippen molar-refractivity contribution in [3.05, 3.63) is 69.6 Å². The number of nitro benzene ring substituents is 1. The quantitative estimate of drug-likeness (QED) is 0.262. The van der Waals surface area contributed by atoms with E-state index in [-0.39, 0.29) is 23.1 Å². The predicted octanol–water partition coefficient (Wildman–Crippen LogP) is 4.65. The minimum Gasteiger partial charge on any atom is -0.301 e. The summed E-state index contributed by atoms with van der Waals surface area (Å²) in [6.07, 6.45) is 0. The Kier molecular flexibility index (Phi) is 6.17. The molecule has 1 heterocycles. The Hall–Kier alpha value is -3.04. The van der Waals surface area contributed by atoms with E-state index in [1.807, 2.05) is 30.3 Å². The number of amides is 1. The second-order valence-corrected chi connectivity index (χ2v) is 7.75. The van der Waals surface area contributed by atoms with Gasteiger partial charge in [-0.2, -0.15) is 0 Å². The molecule has 7 nitrogen and oxygen atoms in total. The third-order valence-electron chi connectivity index (χ3n) is 3.66. The number of ketones is 1. The van der Waals surface area contributed by atoms with E-state index >= 15 is 0 Å². The minimum atomic E-state index is -0.472. The Morgan fingerprint density at radius 1 is 1.14 bits per heavy atom. The van der Waals surface area contributed by atoms with Gasteiger partial charge in [0.1, 0.15) is 0 Å². The Bertz CT molecular complexity index is 1020. The van der Waals surface area contributed by atoms with Gasteiger partial charge < -0.3 is 5.32 Å². The minimum absolute atomic E-state index is 0.00166. The number of carbonyl (C=O) groups excluding carboxylic acids is 2. The number of Topliss-reactive ketones (excluding diaryl/α,β-unsaturated/α-hetero) is 1. The van der Waals surface area contributed by atoms with Gasteiger partial charge in [-0.3, -0.25) is 19.7 Å². The number of nitro groups is 1. The molecule has 0 fully saturated rings. The highest BCUT2D eigenvalue weighted by Crippen LogP contribution is 2.31. The zero-order chi connectivity index (χ0) is 20.1. The summed E-state index contributed by atoms with van der Waals surface area (Å²) in [6.45, 7) is 1.47. The number of anilines is 1. The molecule has 142 valence electrons. The van der Waals surface area contributed by atoms with Crippen molar-refractivity contribution in [1.29, 1.82) is 0 Å². The number of thiazole rings is 1. The van der Waals surface area contributed by atoms with Crippen LogP contribution in [0.25, 0.3) is 11.3 Å². The lowest BCUT2D eigenvalue weighted by atomic mass is 10.1. The summed E-state index contributed by atoms with van der Waals surface area (Å²) in [5.74, 6) is -0.267. The first-order valence-corrected chi connectivity index (χ1v) is 9.98. The molecular weight excluding hydrogens is 398 g/mol. The van der Waals surface area contributed by atoms with E-state index < -0.39 is 4.92 Å². The zero-order valence-corrected chi connectivity index (χ0v) is 16.4. The fourth-order valence-corrected chi connectivity index (χ4v) is 3.97. The number of benzene rings is 2. The fourth-order valence-electron chi connectivity index (χ4n) is 2.37. The molecule has 0 unspecified atom stereocenters. The average molecular weight is 413 g/mol. The molecule has 3 rings (SSSR count). The molecule has 0 saturated heterocycles. The first-order chi connectivity index (χ1) is 13.4. The van der Waals surface area contributed by atoms with Gasteiger partial charge in [-0.15, -0.1) is 11.8 Å². The third-order valence-corrected chi connectivity index (χ3v) is 5.74. The van der Waals surface area contributed by atoms with E-state index in [0.29, 0.717) is 15.7 Å². The second kappa shape index (κ2) is 8.77. The number of non-ortho nitro benzene ring substituents is 1. The molecular formula is C19H15N3O4S2. The van der Waals surface area contributed by atoms with Gasteiger partial charge in [0.15, 0.2) is 10.9 Å². The van der Waals surface area contributed by atoms with Crippen molar-refractivity contribution in [3.8, 4) is 11.3 Å². The molecule has 0 bridgehead atoms. The normalized spacial score (nSPS) is 10.5. The molecule has 0 aliphatic heterocycles. The van der Waals surface area contributed by atoms with E-state index in [1.54, 1.807) is 12.1 Å². The molecule has 1 aromatic heterocycles. The standard InChI is InChI=1S/C19H15N3O4S2/c1-12(23)18-17(13-5-3-2-4-6-13)21-19(28-18)20-16(24)11-27-15-9-7-14(8-10-15)22(25)26/h2-10H,11H2,1H3,(H,20,21,24). The predicted molar refractivity (Wildman–Crippen MR) is 110 cm³/mol. The van der Waals surface area contributed by atoms with Crippen molar-refractivity contribution in [2.75, 3.05) is 11.1 Å². The van der Waals surface area contributed by atoms with Crippen LogP contribution in [0, 0.1) is 10.1 Å². The van der Waals surface area contributed by atoms with E-state index in [9.17, 15) is 19.7 Å². The molecule has 2 aromatic carbocycles. The van der Waals surface area contributed by atoms with E-state index in [1.165, 1.54) is 30.8 Å². The van der Waals surface area contributed by atoms with Crippen LogP contribution in [-0.2, 0) is 4.79 Å². The molecule has 0 aliphatic carbocycles. The molecule has 1 N–H and O–H groups in total. The lowest BCUT2D eigenvalue weighted by molar-refractivity contribution is -0.384. The van der Waals surface area contributed by atoms with Gasteiger partial charge in [0.2, 0.25) is 5.91 Å². The van der Waals surface area contributed by atoms with Crippen LogP contribution in [0.2, 0.25) is 0 Å². The first-order valence-electron chi connectivity index (χ1n) is 8.18. The smallest absolute Gasteiger partial charge is 0.269 e. The number of hydrogen-bond acceptors (Lipinski definition) is 7. The summed E-state index contributed by atoms with van der Waals surface area (Å²) in [4.78, 5) is 40.0. The Labute approximate surface area is 169 Å². The van der Waals surface area contributed by atoms with Crippen molar-refractivity contribution in [1.82, 2.24) is 4.98 Å². The topological polar surface area (TPSA) is 102 Å². The Morgan fingerprint density at radius 2 is 1.82 bits per heavy atom. The number of aromatic nitrogens is 1. The Balaban J connectivity index is 1.67. The molecule has 0 radical (unpaired) electrons. The highest BCUT2D eigenvalue weighted by Gasteiger charge is 2.18. The van der Waals surface area contributed by atoms with Crippen molar-refractivity contribution >= 4 is 45.6 Å². The molecule has 0 atom stereocenters. The van der Waals surface area contributed by atoms with E-state index in [2.05, 4.69) is 10.3 Å². The van der Waals surface area contributed by atoms with Gasteiger partial charge in [-0.05, 0) is 12.1 Å². The van der Waals surface area contributed by atoms with Crippen molar-refractivity contribution < 1.29 is 14.5 Å². The van der Waals surface area contributed by atoms with Crippen molar-refractivity contribution in [2.24, 2.45) is 0 Å². The molecule has 3 aromatic rings. The monoisotopic (exact) mass is 413 g/mol. The van der Waals surface area contributed by atoms with Gasteiger partial charge >= 0.3 is 0 Å². The number of thioether (sulfide) groups is 1. The first kappa shape index (κ1) is 19.7. The highest BCUT2D eigenvalue weighted by molar-refractivity contribution is 8.00. The van der Waals surface area contributed by atoms with E-state index in [4.69, 9.17) is 0 Å². The summed E-state index contributed by atoms with van der Waals surface area (Å²) >= 11 is 2.40. The van der Waals surface area contributed by atoms with Crippen LogP contribution in [0.4, 0.5) is 10.8 Å². The molecule has 9 heteroatoms. The van der Waals surface area contributed by atoms with Crippen LogP contribution in [0.15, 0.2) is 59.5 Å². The summed E-state index contributed by atoms with van der Waals surface area (Å²) in [5, 5.41) is 13.7. The fraction of sp³-hybridized carbons (Fsp3) is 0.105. The summed E-state index contributed by atoms with van der Waals surface area (Å²) in [6, 6.07) is 15.3. The average Bonchev–Trinajstić information content (AvgIpc) is 3.11. The number of carbonyl (C=O) groups is 2. The van der Waals surface area contributed by atoms with Crippen LogP contribution in [0.1, 0.15) is 16.6 Å². The van der Waals surface area contributed by atoms with Crippen LogP contribution >= 0.6 is 23.1 Å². The van der Waals surface area contributed by atoms with Gasteiger partial charge in [0.25, 0.3) is 5.69 Å². The summed E-state index contributed by atoms with van der Waals surface area (Å²) < 4.78 is 0. The van der Waals surface area contributed by atoms with Crippen LogP contribution in [0.3, 0.4) is 0 Å². The second-order valence-electron chi connectivity index (χ2n) is 5.71. The number of nitrogens with one attached hydrogen (secondary N) is 1. The number of rotatable bonds is 7. The van der Waals surface area contributed by atoms with Gasteiger partial charge in [0.05, 0.1) is 21.2 Å². The van der Waals surface area contributed by atoms with Crippen LogP contribution in [-0.4, -0.2) is 27.4 Å². The van der Waals surface area contributed by atoms with Crippen molar-refractivity contribution in [2.45, 2.75) is 11.8 Å². The largest absolute Gasteiger partial charge is 0.301 e. The van der Waals surface area contributed by atoms with Gasteiger partial charge in [-0.1, -0.05) is 41.7 Å². The summed E-state index contributed by atoms with van der Waals surface area (Å²) in [7, 11) is 0. The number of hydrogen-bond donors (Lipinski definition) is 1. The highest BCUT2D eigenvalue weighted by atomic mass is 32.2. The summed E-state index contributed by atoms with van der Waals surface area (Å²) in [5.41, 5.74) is 1.36. The van der Waals surface area contributed by atoms with Crippen molar-refractivity contribution in [3.63, 3.8) is 0 Å². The molecule has 28 heavy (non-hydrogen) atoms. The lowest BCUT2D eigenvalue weighted by Crippen LogP contribution is -2.13. The molecule has 0 spiro atoms. The SMILES string of the molecule is CC(=O)c1sc(NC(=O)CSc2ccc([N+](=O)[O-])cc2)nc1-c1ccccc1. The van der Waals surface area contributed by atoms with Gasteiger partial charge in [-0.25, -0.2) is 4.98 Å².